The number of benzene rings is 2. The summed E-state index contributed by atoms with van der Waals surface area (Å²) in [5.74, 6) is 0. The van der Waals surface area contributed by atoms with Crippen LogP contribution >= 0.6 is 15.9 Å². The third kappa shape index (κ3) is 2.16. The van der Waals surface area contributed by atoms with Crippen molar-refractivity contribution >= 4 is 38.7 Å². The van der Waals surface area contributed by atoms with Crippen molar-refractivity contribution in [2.45, 2.75) is 0 Å². The molecule has 0 radical (unpaired) electrons. The van der Waals surface area contributed by atoms with Crippen molar-refractivity contribution in [1.82, 2.24) is 0 Å². The standard InChI is InChI=1S/C15H16BrN3/c1-18-8-9-19(15-5-3-2-4-14(15)18)13-7-6-11(16)10-12(13)17/h2-7,10H,8-9,17H2,1H3. The summed E-state index contributed by atoms with van der Waals surface area (Å²) in [7, 11) is 2.13. The molecule has 98 valence electrons. The van der Waals surface area contributed by atoms with E-state index in [2.05, 4.69) is 63.1 Å². The highest BCUT2D eigenvalue weighted by Gasteiger charge is 2.22. The molecule has 2 aromatic carbocycles. The SMILES string of the molecule is CN1CCN(c2ccc(Br)cc2N)c2ccccc21. The maximum atomic E-state index is 6.16. The van der Waals surface area contributed by atoms with E-state index in [1.54, 1.807) is 0 Å². The van der Waals surface area contributed by atoms with Crippen LogP contribution in [0.15, 0.2) is 46.9 Å². The monoisotopic (exact) mass is 317 g/mol. The predicted octanol–water partition coefficient (Wildman–Crippen LogP) is 3.62. The van der Waals surface area contributed by atoms with Gasteiger partial charge in [-0.2, -0.15) is 0 Å². The molecule has 0 aromatic heterocycles. The molecular weight excluding hydrogens is 302 g/mol. The van der Waals surface area contributed by atoms with Crippen LogP contribution in [0.5, 0.6) is 0 Å². The quantitative estimate of drug-likeness (QED) is 0.815. The van der Waals surface area contributed by atoms with Crippen molar-refractivity contribution in [1.29, 1.82) is 0 Å². The number of nitrogens with two attached hydrogens (primary N) is 1. The number of halogens is 1. The van der Waals surface area contributed by atoms with Gasteiger partial charge in [0, 0.05) is 24.6 Å². The zero-order chi connectivity index (χ0) is 13.4. The number of likely N-dealkylation sites (N-methyl/N-ethyl adjacent to an activating group) is 1. The van der Waals surface area contributed by atoms with Crippen molar-refractivity contribution in [3.05, 3.63) is 46.9 Å². The highest BCUT2D eigenvalue weighted by atomic mass is 79.9. The normalized spacial score (nSPS) is 14.4. The lowest BCUT2D eigenvalue weighted by atomic mass is 10.1. The molecule has 4 heteroatoms. The summed E-state index contributed by atoms with van der Waals surface area (Å²) in [6.45, 7) is 1.94. The van der Waals surface area contributed by atoms with Gasteiger partial charge >= 0.3 is 0 Å². The van der Waals surface area contributed by atoms with Crippen LogP contribution in [0.1, 0.15) is 0 Å². The van der Waals surface area contributed by atoms with E-state index < -0.39 is 0 Å². The van der Waals surface area contributed by atoms with Crippen LogP contribution in [-0.2, 0) is 0 Å². The molecule has 0 saturated carbocycles. The Morgan fingerprint density at radius 1 is 1.00 bits per heavy atom. The number of nitrogen functional groups attached to an aromatic ring is 1. The minimum Gasteiger partial charge on any atom is -0.397 e. The average Bonchev–Trinajstić information content (AvgIpc) is 2.41. The summed E-state index contributed by atoms with van der Waals surface area (Å²) >= 11 is 3.45. The Bertz CT molecular complexity index is 612. The van der Waals surface area contributed by atoms with Crippen LogP contribution in [0, 0.1) is 0 Å². The van der Waals surface area contributed by atoms with Crippen molar-refractivity contribution in [3.8, 4) is 0 Å². The van der Waals surface area contributed by atoms with E-state index in [-0.39, 0.29) is 0 Å². The lowest BCUT2D eigenvalue weighted by molar-refractivity contribution is 0.823. The second-order valence-corrected chi connectivity index (χ2v) is 5.68. The summed E-state index contributed by atoms with van der Waals surface area (Å²) in [5, 5.41) is 0. The van der Waals surface area contributed by atoms with Crippen molar-refractivity contribution in [3.63, 3.8) is 0 Å². The fourth-order valence-corrected chi connectivity index (χ4v) is 2.91. The molecule has 0 atom stereocenters. The largest absolute Gasteiger partial charge is 0.397 e. The molecule has 0 amide bonds. The van der Waals surface area contributed by atoms with E-state index in [9.17, 15) is 0 Å². The van der Waals surface area contributed by atoms with E-state index in [0.717, 1.165) is 28.9 Å². The van der Waals surface area contributed by atoms with Crippen LogP contribution < -0.4 is 15.5 Å². The maximum Gasteiger partial charge on any atom is 0.0649 e. The first-order chi connectivity index (χ1) is 9.16. The van der Waals surface area contributed by atoms with Gasteiger partial charge < -0.3 is 15.5 Å². The number of para-hydroxylation sites is 2. The molecule has 2 aromatic rings. The Morgan fingerprint density at radius 2 is 1.74 bits per heavy atom. The van der Waals surface area contributed by atoms with Crippen molar-refractivity contribution < 1.29 is 0 Å². The van der Waals surface area contributed by atoms with Crippen LogP contribution in [0.4, 0.5) is 22.7 Å². The number of rotatable bonds is 1. The lowest BCUT2D eigenvalue weighted by Gasteiger charge is -2.37. The van der Waals surface area contributed by atoms with Gasteiger partial charge in [-0.3, -0.25) is 0 Å². The first-order valence-corrected chi connectivity index (χ1v) is 7.09. The van der Waals surface area contributed by atoms with Gasteiger partial charge in [-0.15, -0.1) is 0 Å². The molecule has 3 nitrogen and oxygen atoms in total. The van der Waals surface area contributed by atoms with Crippen molar-refractivity contribution in [2.24, 2.45) is 0 Å². The highest BCUT2D eigenvalue weighted by Crippen LogP contribution is 2.39. The number of fused-ring (bicyclic) bond motifs is 1. The molecule has 0 spiro atoms. The predicted molar refractivity (Wildman–Crippen MR) is 85.3 cm³/mol. The summed E-state index contributed by atoms with van der Waals surface area (Å²) < 4.78 is 1.01. The maximum absolute atomic E-state index is 6.16. The van der Waals surface area contributed by atoms with Crippen LogP contribution in [0.2, 0.25) is 0 Å². The van der Waals surface area contributed by atoms with Gasteiger partial charge in [0.25, 0.3) is 0 Å². The van der Waals surface area contributed by atoms with Crippen molar-refractivity contribution in [2.75, 3.05) is 35.7 Å². The molecule has 19 heavy (non-hydrogen) atoms. The topological polar surface area (TPSA) is 32.5 Å². The Kier molecular flexibility index (Phi) is 3.11. The van der Waals surface area contributed by atoms with Gasteiger partial charge in [0.05, 0.1) is 22.7 Å². The first kappa shape index (κ1) is 12.4. The fraction of sp³-hybridized carbons (Fsp3) is 0.200. The summed E-state index contributed by atoms with van der Waals surface area (Å²) in [6.07, 6.45) is 0. The zero-order valence-corrected chi connectivity index (χ0v) is 12.4. The second kappa shape index (κ2) is 4.78. The third-order valence-corrected chi connectivity index (χ3v) is 4.02. The second-order valence-electron chi connectivity index (χ2n) is 4.77. The lowest BCUT2D eigenvalue weighted by Crippen LogP contribution is -2.36. The molecule has 1 aliphatic heterocycles. The Balaban J connectivity index is 2.09. The van der Waals surface area contributed by atoms with Gasteiger partial charge in [-0.25, -0.2) is 0 Å². The molecule has 0 unspecified atom stereocenters. The van der Waals surface area contributed by atoms with Gasteiger partial charge in [-0.1, -0.05) is 28.1 Å². The first-order valence-electron chi connectivity index (χ1n) is 6.29. The molecule has 0 bridgehead atoms. The molecular formula is C15H16BrN3. The molecule has 0 saturated heterocycles. The summed E-state index contributed by atoms with van der Waals surface area (Å²) in [6, 6.07) is 14.5. The number of hydrogen-bond acceptors (Lipinski definition) is 3. The van der Waals surface area contributed by atoms with E-state index in [1.165, 1.54) is 11.4 Å². The minimum atomic E-state index is 0.800. The molecule has 1 aliphatic rings. The molecule has 0 fully saturated rings. The van der Waals surface area contributed by atoms with Gasteiger partial charge in [0.1, 0.15) is 0 Å². The van der Waals surface area contributed by atoms with Crippen LogP contribution in [0.3, 0.4) is 0 Å². The van der Waals surface area contributed by atoms with Gasteiger partial charge in [0.2, 0.25) is 0 Å². The number of anilines is 4. The van der Waals surface area contributed by atoms with E-state index in [1.807, 2.05) is 12.1 Å². The van der Waals surface area contributed by atoms with E-state index in [4.69, 9.17) is 5.73 Å². The zero-order valence-electron chi connectivity index (χ0n) is 10.8. The summed E-state index contributed by atoms with van der Waals surface area (Å²) in [4.78, 5) is 4.57. The Morgan fingerprint density at radius 3 is 2.47 bits per heavy atom. The fourth-order valence-electron chi connectivity index (χ4n) is 2.53. The van der Waals surface area contributed by atoms with Gasteiger partial charge in [0.15, 0.2) is 0 Å². The Labute approximate surface area is 121 Å². The molecule has 2 N–H and O–H groups in total. The van der Waals surface area contributed by atoms with Crippen LogP contribution in [0.25, 0.3) is 0 Å². The summed E-state index contributed by atoms with van der Waals surface area (Å²) in [5.41, 5.74) is 10.5. The molecule has 1 heterocycles. The smallest absolute Gasteiger partial charge is 0.0649 e. The molecule has 3 rings (SSSR count). The van der Waals surface area contributed by atoms with Crippen LogP contribution in [-0.4, -0.2) is 20.1 Å². The van der Waals surface area contributed by atoms with Gasteiger partial charge in [-0.05, 0) is 30.3 Å². The third-order valence-electron chi connectivity index (χ3n) is 3.52. The van der Waals surface area contributed by atoms with E-state index in [0.29, 0.717) is 0 Å². The minimum absolute atomic E-state index is 0.800. The molecule has 0 aliphatic carbocycles. The van der Waals surface area contributed by atoms with E-state index >= 15 is 0 Å². The highest BCUT2D eigenvalue weighted by molar-refractivity contribution is 9.10. The average molecular weight is 318 g/mol. The number of hydrogen-bond donors (Lipinski definition) is 1. The number of nitrogens with zero attached hydrogens (tertiary/aromatic N) is 2. The Hall–Kier alpha value is -1.68.